The number of carboxylic acids is 1. The Morgan fingerprint density at radius 3 is 2.46 bits per heavy atom. The van der Waals surface area contributed by atoms with E-state index in [2.05, 4.69) is 0 Å². The summed E-state index contributed by atoms with van der Waals surface area (Å²) >= 11 is 0. The van der Waals surface area contributed by atoms with Gasteiger partial charge in [0.2, 0.25) is 0 Å². The van der Waals surface area contributed by atoms with E-state index in [9.17, 15) is 40.2 Å². The van der Waals surface area contributed by atoms with Gasteiger partial charge in [-0.2, -0.15) is 0 Å². The number of aliphatic hydroxyl groups is 4. The maximum absolute atomic E-state index is 12.5. The largest absolute Gasteiger partial charge is 0.504 e. The summed E-state index contributed by atoms with van der Waals surface area (Å²) in [7, 11) is 2.85. The predicted octanol–water partition coefficient (Wildman–Crippen LogP) is 0.875. The van der Waals surface area contributed by atoms with Gasteiger partial charge < -0.3 is 49.6 Å². The van der Waals surface area contributed by atoms with Gasteiger partial charge in [0.05, 0.1) is 32.8 Å². The summed E-state index contributed by atoms with van der Waals surface area (Å²) in [6, 6.07) is 8.02. The molecule has 12 heteroatoms. The van der Waals surface area contributed by atoms with Crippen molar-refractivity contribution >= 4 is 18.0 Å². The summed E-state index contributed by atoms with van der Waals surface area (Å²) in [6.07, 6.45) is -3.99. The Morgan fingerprint density at radius 1 is 1.10 bits per heavy atom. The lowest BCUT2D eigenvalue weighted by molar-refractivity contribution is -0.196. The zero-order chi connectivity index (χ0) is 28.5. The minimum Gasteiger partial charge on any atom is -0.504 e. The maximum atomic E-state index is 12.5. The number of aliphatic hydroxyl groups excluding tert-OH is 3. The number of carboxylic acid groups (broad SMARTS) is 1. The van der Waals surface area contributed by atoms with Crippen LogP contribution in [0.4, 0.5) is 0 Å². The Hall–Kier alpha value is -3.84. The molecule has 6 atom stereocenters. The van der Waals surface area contributed by atoms with Crippen molar-refractivity contribution in [3.8, 4) is 23.0 Å². The zero-order valence-corrected chi connectivity index (χ0v) is 21.2. The topological polar surface area (TPSA) is 192 Å². The molecule has 1 aliphatic heterocycles. The van der Waals surface area contributed by atoms with Crippen molar-refractivity contribution in [2.24, 2.45) is 0 Å². The molecule has 1 heterocycles. The van der Waals surface area contributed by atoms with Gasteiger partial charge >= 0.3 is 11.9 Å². The smallest absolute Gasteiger partial charge is 0.335 e. The fourth-order valence-corrected chi connectivity index (χ4v) is 4.92. The second-order valence-corrected chi connectivity index (χ2v) is 9.51. The fourth-order valence-electron chi connectivity index (χ4n) is 4.92. The van der Waals surface area contributed by atoms with Crippen LogP contribution in [0, 0.1) is 0 Å². The molecule has 2 aliphatic rings. The van der Waals surface area contributed by atoms with E-state index < -0.39 is 60.7 Å². The number of fused-ring (bicyclic) bond motifs is 1. The molecule has 0 spiro atoms. The van der Waals surface area contributed by atoms with Gasteiger partial charge in [-0.1, -0.05) is 6.07 Å². The highest BCUT2D eigenvalue weighted by Crippen LogP contribution is 2.51. The Bertz CT molecular complexity index is 1270. The maximum Gasteiger partial charge on any atom is 0.335 e. The van der Waals surface area contributed by atoms with Crippen molar-refractivity contribution in [3.05, 3.63) is 53.1 Å². The van der Waals surface area contributed by atoms with Crippen molar-refractivity contribution in [3.63, 3.8) is 0 Å². The number of ether oxygens (including phenoxy) is 4. The van der Waals surface area contributed by atoms with Crippen LogP contribution in [-0.4, -0.2) is 87.3 Å². The molecule has 0 aromatic heterocycles. The molecule has 1 saturated carbocycles. The quantitative estimate of drug-likeness (QED) is 0.203. The Kier molecular flexibility index (Phi) is 8.02. The number of aliphatic carboxylic acids is 1. The van der Waals surface area contributed by atoms with Crippen LogP contribution in [0.1, 0.15) is 41.6 Å². The summed E-state index contributed by atoms with van der Waals surface area (Å²) in [6.45, 7) is -0.284. The second kappa shape index (κ2) is 11.1. The molecule has 0 saturated heterocycles. The van der Waals surface area contributed by atoms with Gasteiger partial charge in [-0.15, -0.1) is 0 Å². The molecular weight excluding hydrogens is 516 g/mol. The number of carbonyl (C=O) groups is 2. The minimum atomic E-state index is -2.35. The van der Waals surface area contributed by atoms with Crippen molar-refractivity contribution < 1.29 is 59.2 Å². The van der Waals surface area contributed by atoms with Crippen LogP contribution in [-0.2, 0) is 14.3 Å². The van der Waals surface area contributed by atoms with E-state index in [1.165, 1.54) is 26.4 Å². The number of phenols is 1. The van der Waals surface area contributed by atoms with Gasteiger partial charge in [0.25, 0.3) is 0 Å². The van der Waals surface area contributed by atoms with Gasteiger partial charge in [0.15, 0.2) is 28.6 Å². The van der Waals surface area contributed by atoms with E-state index in [0.717, 1.165) is 6.08 Å². The van der Waals surface area contributed by atoms with Crippen LogP contribution in [0.5, 0.6) is 23.0 Å². The fraction of sp³-hybridized carbons (Fsp3) is 0.407. The van der Waals surface area contributed by atoms with Crippen LogP contribution < -0.4 is 14.2 Å². The molecular formula is C27H30O12. The average molecular weight is 547 g/mol. The minimum absolute atomic E-state index is 0.0444. The first kappa shape index (κ1) is 28.2. The van der Waals surface area contributed by atoms with E-state index in [-0.39, 0.29) is 18.1 Å². The van der Waals surface area contributed by atoms with Crippen molar-refractivity contribution in [1.82, 2.24) is 0 Å². The molecule has 12 nitrogen and oxygen atoms in total. The average Bonchev–Trinajstić information content (AvgIpc) is 3.28. The Labute approximate surface area is 223 Å². The van der Waals surface area contributed by atoms with Crippen LogP contribution in [0.2, 0.25) is 0 Å². The first-order chi connectivity index (χ1) is 18.5. The molecule has 2 aromatic rings. The van der Waals surface area contributed by atoms with Crippen LogP contribution in [0.15, 0.2) is 36.4 Å². The lowest BCUT2D eigenvalue weighted by atomic mass is 9.79. The molecule has 39 heavy (non-hydrogen) atoms. The van der Waals surface area contributed by atoms with Gasteiger partial charge in [-0.05, 0) is 41.5 Å². The molecule has 2 aromatic carbocycles. The molecule has 6 unspecified atom stereocenters. The Balaban J connectivity index is 1.55. The summed E-state index contributed by atoms with van der Waals surface area (Å²) in [5.74, 6) is -2.11. The first-order valence-electron chi connectivity index (χ1n) is 12.1. The number of methoxy groups -OCH3 is 2. The van der Waals surface area contributed by atoms with E-state index >= 15 is 0 Å². The van der Waals surface area contributed by atoms with Gasteiger partial charge in [0, 0.05) is 24.5 Å². The number of benzene rings is 2. The van der Waals surface area contributed by atoms with Crippen molar-refractivity contribution in [2.45, 2.75) is 48.8 Å². The van der Waals surface area contributed by atoms with Gasteiger partial charge in [0.1, 0.15) is 18.3 Å². The third-order valence-electron chi connectivity index (χ3n) is 7.00. The van der Waals surface area contributed by atoms with E-state index in [1.807, 2.05) is 0 Å². The van der Waals surface area contributed by atoms with Crippen LogP contribution in [0.25, 0.3) is 6.08 Å². The van der Waals surface area contributed by atoms with Gasteiger partial charge in [-0.25, -0.2) is 9.59 Å². The molecule has 4 rings (SSSR count). The summed E-state index contributed by atoms with van der Waals surface area (Å²) in [4.78, 5) is 23.9. The highest BCUT2D eigenvalue weighted by atomic mass is 16.6. The summed E-state index contributed by atoms with van der Waals surface area (Å²) in [5, 5.41) is 59.7. The predicted molar refractivity (Wildman–Crippen MR) is 134 cm³/mol. The monoisotopic (exact) mass is 546 g/mol. The highest BCUT2D eigenvalue weighted by Gasteiger charge is 2.50. The SMILES string of the molecule is COc1cc(C2Oc3c(OC)cc(/C=C/C(=O)OC4CC(O)(C(=O)O)CC(O)C4O)cc3C2CO)ccc1O. The van der Waals surface area contributed by atoms with Crippen LogP contribution >= 0.6 is 0 Å². The van der Waals surface area contributed by atoms with Gasteiger partial charge in [-0.3, -0.25) is 0 Å². The third-order valence-corrected chi connectivity index (χ3v) is 7.00. The number of aromatic hydroxyl groups is 1. The van der Waals surface area contributed by atoms with Crippen molar-refractivity contribution in [2.75, 3.05) is 20.8 Å². The molecule has 0 radical (unpaired) electrons. The summed E-state index contributed by atoms with van der Waals surface area (Å²) < 4.78 is 21.9. The standard InChI is InChI=1S/C27H30O12/c1-36-19-9-14(4-5-17(19)29)24-16(12-28)15-7-13(8-20(37-2)25(15)39-24)3-6-22(31)38-21-11-27(35,26(33)34)10-18(30)23(21)32/h3-9,16,18,21,23-24,28-30,32,35H,10-12H2,1-2H3,(H,33,34)/b6-3+. The number of hydrogen-bond acceptors (Lipinski definition) is 11. The van der Waals surface area contributed by atoms with Crippen LogP contribution in [0.3, 0.4) is 0 Å². The normalized spacial score (nSPS) is 28.0. The lowest BCUT2D eigenvalue weighted by Gasteiger charge is -2.39. The second-order valence-electron chi connectivity index (χ2n) is 9.51. The number of rotatable bonds is 8. The number of esters is 1. The third kappa shape index (κ3) is 5.50. The lowest BCUT2D eigenvalue weighted by Crippen LogP contribution is -2.57. The van der Waals surface area contributed by atoms with E-state index in [1.54, 1.807) is 24.3 Å². The summed E-state index contributed by atoms with van der Waals surface area (Å²) in [5.41, 5.74) is -0.603. The molecule has 210 valence electrons. The van der Waals surface area contributed by atoms with E-state index in [0.29, 0.717) is 28.2 Å². The highest BCUT2D eigenvalue weighted by molar-refractivity contribution is 5.87. The molecule has 1 fully saturated rings. The van der Waals surface area contributed by atoms with E-state index in [4.69, 9.17) is 18.9 Å². The number of carbonyl (C=O) groups excluding carboxylic acids is 1. The zero-order valence-electron chi connectivity index (χ0n) is 21.2. The number of hydrogen-bond donors (Lipinski definition) is 6. The Morgan fingerprint density at radius 2 is 1.82 bits per heavy atom. The molecule has 1 aliphatic carbocycles. The molecule has 0 bridgehead atoms. The molecule has 6 N–H and O–H groups in total. The molecule has 0 amide bonds. The first-order valence-corrected chi connectivity index (χ1v) is 12.1. The van der Waals surface area contributed by atoms with Crippen molar-refractivity contribution in [1.29, 1.82) is 0 Å². The number of phenolic OH excluding ortho intramolecular Hbond substituents is 1.